The van der Waals surface area contributed by atoms with Gasteiger partial charge in [0.15, 0.2) is 5.16 Å². The van der Waals surface area contributed by atoms with Crippen LogP contribution >= 0.6 is 11.8 Å². The molecule has 0 fully saturated rings. The van der Waals surface area contributed by atoms with Crippen molar-refractivity contribution < 1.29 is 44.3 Å². The molecule has 2 atom stereocenters. The summed E-state index contributed by atoms with van der Waals surface area (Å²) >= 11 is 0.264. The maximum atomic E-state index is 15.2. The number of hydrogen-bond donors (Lipinski definition) is 0. The Morgan fingerprint density at radius 2 is 1.69 bits per heavy atom. The van der Waals surface area contributed by atoms with Crippen LogP contribution in [0.5, 0.6) is 0 Å². The number of likely N-dealkylation sites (N-methyl/N-ethyl adjacent to an activating group) is 1. The van der Waals surface area contributed by atoms with E-state index in [2.05, 4.69) is 4.98 Å². The standard InChI is InChI=1S/C38H42F4N4O2S/c1-5-44(6-2)19-20-45(26(4)28-9-11-29(12-10-28)30-13-15-31(16-14-30)38(40,41)42)35(47)23-46-34-22-25(3)21-33(34)36(48)43-37(46)49-24-27-7-17-32(39)18-8-27/h7-18,25-26H,5-6,19-24H2,1-4H3/i5D2,6D2,7D,8D,17D,18D,21D2,22D2,23D2,25D,26D. The van der Waals surface area contributed by atoms with E-state index in [9.17, 15) is 26.5 Å². The van der Waals surface area contributed by atoms with Crippen molar-refractivity contribution in [2.75, 3.05) is 26.1 Å². The average Bonchev–Trinajstić information content (AvgIpc) is 3.29. The second-order valence-corrected chi connectivity index (χ2v) is 11.6. The normalized spacial score (nSPS) is 24.8. The molecule has 0 saturated heterocycles. The fourth-order valence-electron chi connectivity index (χ4n) is 4.89. The molecule has 1 aromatic heterocycles. The van der Waals surface area contributed by atoms with Crippen molar-refractivity contribution in [3.05, 3.63) is 117 Å². The van der Waals surface area contributed by atoms with E-state index in [-0.39, 0.29) is 21.9 Å². The fraction of sp³-hybridized carbons (Fsp3) is 0.395. The Hall–Kier alpha value is -3.96. The van der Waals surface area contributed by atoms with Gasteiger partial charge in [-0.25, -0.2) is 4.39 Å². The first kappa shape index (κ1) is 20.7. The quantitative estimate of drug-likeness (QED) is 0.0800. The molecular weight excluding hydrogens is 653 g/mol. The summed E-state index contributed by atoms with van der Waals surface area (Å²) in [5.41, 5.74) is -4.61. The molecule has 0 saturated carbocycles. The van der Waals surface area contributed by atoms with Crippen LogP contribution in [0.25, 0.3) is 11.1 Å². The number of carbonyl (C=O) groups excluding carboxylic acids is 1. The molecule has 0 bridgehead atoms. The third-order valence-corrected chi connectivity index (χ3v) is 8.43. The Bertz CT molecular complexity index is 2520. The van der Waals surface area contributed by atoms with Crippen LogP contribution in [0.15, 0.2) is 82.7 Å². The van der Waals surface area contributed by atoms with Gasteiger partial charge in [-0.05, 0) is 85.0 Å². The highest BCUT2D eigenvalue weighted by Crippen LogP contribution is 2.33. The predicted octanol–water partition coefficient (Wildman–Crippen LogP) is 8.03. The summed E-state index contributed by atoms with van der Waals surface area (Å²) in [7, 11) is 0. The number of halogens is 4. The molecule has 0 N–H and O–H groups in total. The van der Waals surface area contributed by atoms with Gasteiger partial charge in [-0.15, -0.1) is 0 Å². The molecule has 5 rings (SSSR count). The Kier molecular flexibility index (Phi) is 6.62. The maximum Gasteiger partial charge on any atom is 0.416 e. The minimum atomic E-state index is -4.61. The SMILES string of the molecule is [2H]c1c([2H])c(CSc2nc(=O)c3c(n2C([2H])([2H])C(=O)N(CCN(C([2H])([2H])C)C([2H])([2H])C)C([2H])(C)c2ccc(-c4ccc(C(F)(F)F)cc4)cc2)C([2H])([2H])C([2H])(C)C3([2H])[2H])c([2H])c([2H])c1F. The lowest BCUT2D eigenvalue weighted by atomic mass is 9.99. The van der Waals surface area contributed by atoms with Crippen LogP contribution in [0.1, 0.15) is 83.6 Å². The van der Waals surface area contributed by atoms with E-state index in [4.69, 9.17) is 17.8 Å². The minimum absolute atomic E-state index is 0.0780. The number of benzene rings is 3. The number of hydrogen-bond acceptors (Lipinski definition) is 5. The summed E-state index contributed by atoms with van der Waals surface area (Å²) in [5, 5.41) is -0.908. The van der Waals surface area contributed by atoms with Crippen LogP contribution in [0.3, 0.4) is 0 Å². The lowest BCUT2D eigenvalue weighted by Gasteiger charge is -2.33. The van der Waals surface area contributed by atoms with Gasteiger partial charge in [0.05, 0.1) is 21.2 Å². The predicted molar refractivity (Wildman–Crippen MR) is 186 cm³/mol. The largest absolute Gasteiger partial charge is 0.416 e. The van der Waals surface area contributed by atoms with E-state index in [1.54, 1.807) is 0 Å². The first-order valence-electron chi connectivity index (χ1n) is 22.8. The Balaban J connectivity index is 1.74. The molecule has 11 heteroatoms. The van der Waals surface area contributed by atoms with Crippen LogP contribution in [-0.4, -0.2) is 51.3 Å². The number of alkyl halides is 3. The summed E-state index contributed by atoms with van der Waals surface area (Å²) < 4.78 is 193. The lowest BCUT2D eigenvalue weighted by molar-refractivity contribution is -0.137. The molecule has 2 unspecified atom stereocenters. The van der Waals surface area contributed by atoms with Crippen molar-refractivity contribution in [3.63, 3.8) is 0 Å². The maximum absolute atomic E-state index is 15.2. The van der Waals surface area contributed by atoms with Crippen molar-refractivity contribution in [2.45, 2.75) is 70.0 Å². The second kappa shape index (κ2) is 15.7. The number of fused-ring (bicyclic) bond motifs is 1. The third-order valence-electron chi connectivity index (χ3n) is 7.47. The first-order chi connectivity index (χ1) is 29.4. The molecule has 0 radical (unpaired) electrons. The van der Waals surface area contributed by atoms with Gasteiger partial charge in [0.2, 0.25) is 5.91 Å². The summed E-state index contributed by atoms with van der Waals surface area (Å²) in [5.74, 6) is -6.90. The van der Waals surface area contributed by atoms with Gasteiger partial charge in [0, 0.05) is 42.4 Å². The zero-order valence-corrected chi connectivity index (χ0v) is 27.6. The van der Waals surface area contributed by atoms with Gasteiger partial charge in [0.1, 0.15) is 12.3 Å². The van der Waals surface area contributed by atoms with Crippen molar-refractivity contribution in [2.24, 2.45) is 5.89 Å². The van der Waals surface area contributed by atoms with Gasteiger partial charge < -0.3 is 14.4 Å². The Morgan fingerprint density at radius 3 is 2.29 bits per heavy atom. The Morgan fingerprint density at radius 1 is 1.08 bits per heavy atom. The molecule has 1 heterocycles. The van der Waals surface area contributed by atoms with Crippen LogP contribution in [0.2, 0.25) is 0 Å². The number of carbonyl (C=O) groups is 1. The van der Waals surface area contributed by atoms with E-state index in [0.29, 0.717) is 20.9 Å². The van der Waals surface area contributed by atoms with Crippen molar-refractivity contribution in [1.29, 1.82) is 0 Å². The zero-order valence-electron chi connectivity index (χ0n) is 42.8. The highest BCUT2D eigenvalue weighted by atomic mass is 32.2. The van der Waals surface area contributed by atoms with E-state index in [1.165, 1.54) is 36.4 Å². The van der Waals surface area contributed by atoms with Crippen molar-refractivity contribution in [1.82, 2.24) is 19.4 Å². The van der Waals surface area contributed by atoms with Crippen LogP contribution < -0.4 is 5.56 Å². The molecule has 49 heavy (non-hydrogen) atoms. The van der Waals surface area contributed by atoms with Gasteiger partial charge in [0.25, 0.3) is 5.56 Å². The van der Waals surface area contributed by atoms with Gasteiger partial charge in [-0.2, -0.15) is 18.2 Å². The molecular formula is C38H42F4N4O2S. The van der Waals surface area contributed by atoms with Crippen molar-refractivity contribution in [3.8, 4) is 11.1 Å². The van der Waals surface area contributed by atoms with E-state index < -0.39 is 138 Å². The van der Waals surface area contributed by atoms with Crippen LogP contribution in [0, 0.1) is 11.7 Å². The summed E-state index contributed by atoms with van der Waals surface area (Å²) in [4.78, 5) is 33.9. The summed E-state index contributed by atoms with van der Waals surface area (Å²) in [6, 6.07) is 3.13. The van der Waals surface area contributed by atoms with Gasteiger partial charge in [-0.3, -0.25) is 9.59 Å². The Labute approximate surface area is 311 Å². The molecule has 260 valence electrons. The molecule has 1 aliphatic rings. The summed E-state index contributed by atoms with van der Waals surface area (Å²) in [6.07, 6.45) is -11.1. The monoisotopic (exact) mass is 710 g/mol. The number of aromatic nitrogens is 2. The molecule has 1 amide bonds. The molecule has 4 aromatic rings. The zero-order chi connectivity index (χ0) is 49.6. The number of amides is 1. The smallest absolute Gasteiger partial charge is 0.333 e. The van der Waals surface area contributed by atoms with Gasteiger partial charge in [-0.1, -0.05) is 81.0 Å². The lowest BCUT2D eigenvalue weighted by Crippen LogP contribution is -2.42. The topological polar surface area (TPSA) is 58.4 Å². The number of rotatable bonds is 13. The van der Waals surface area contributed by atoms with E-state index in [1.807, 2.05) is 0 Å². The van der Waals surface area contributed by atoms with E-state index >= 15 is 4.79 Å². The summed E-state index contributed by atoms with van der Waals surface area (Å²) in [6.45, 7) is -6.30. The second-order valence-electron chi connectivity index (χ2n) is 10.6. The van der Waals surface area contributed by atoms with Crippen LogP contribution in [-0.2, 0) is 36.0 Å². The van der Waals surface area contributed by atoms with Crippen molar-refractivity contribution >= 4 is 17.7 Å². The minimum Gasteiger partial charge on any atom is -0.333 e. The molecule has 0 aliphatic heterocycles. The fourth-order valence-corrected chi connectivity index (χ4v) is 5.72. The average molecular weight is 711 g/mol. The molecule has 0 spiro atoms. The molecule has 1 aliphatic carbocycles. The number of thioether (sulfide) groups is 1. The van der Waals surface area contributed by atoms with E-state index in [0.717, 1.165) is 39.8 Å². The molecule has 3 aromatic carbocycles. The van der Waals surface area contributed by atoms with Gasteiger partial charge >= 0.3 is 6.18 Å². The highest BCUT2D eigenvalue weighted by Gasteiger charge is 2.31. The number of nitrogens with zero attached hydrogens (tertiary/aromatic N) is 4. The first-order valence-corrected chi connectivity index (χ1v) is 15.8. The third kappa shape index (κ3) is 8.80. The molecule has 6 nitrogen and oxygen atoms in total. The highest BCUT2D eigenvalue weighted by molar-refractivity contribution is 7.98. The van der Waals surface area contributed by atoms with Crippen LogP contribution in [0.4, 0.5) is 17.6 Å².